The summed E-state index contributed by atoms with van der Waals surface area (Å²) < 4.78 is 13.5. The molecule has 0 unspecified atom stereocenters. The standard InChI is InChI=1S/C13H8ClFN2S/c1-7-2-3-8(6-10(7)15)12-16-11(14)9-4-5-18-13(9)17-12/h2-6H,1H3. The van der Waals surface area contributed by atoms with Gasteiger partial charge in [-0.1, -0.05) is 23.7 Å². The van der Waals surface area contributed by atoms with Crippen LogP contribution in [0, 0.1) is 12.7 Å². The predicted molar refractivity (Wildman–Crippen MR) is 72.6 cm³/mol. The minimum absolute atomic E-state index is 0.265. The van der Waals surface area contributed by atoms with Crippen LogP contribution in [-0.2, 0) is 0 Å². The molecule has 0 amide bonds. The van der Waals surface area contributed by atoms with E-state index in [4.69, 9.17) is 11.6 Å². The lowest BCUT2D eigenvalue weighted by Crippen LogP contribution is -1.91. The fraction of sp³-hybridized carbons (Fsp3) is 0.0769. The Bertz CT molecular complexity index is 739. The summed E-state index contributed by atoms with van der Waals surface area (Å²) in [6.07, 6.45) is 0. The van der Waals surface area contributed by atoms with Gasteiger partial charge in [-0.2, -0.15) is 0 Å². The summed E-state index contributed by atoms with van der Waals surface area (Å²) in [4.78, 5) is 9.41. The molecule has 2 aromatic heterocycles. The van der Waals surface area contributed by atoms with Gasteiger partial charge in [0, 0.05) is 10.9 Å². The summed E-state index contributed by atoms with van der Waals surface area (Å²) in [6.45, 7) is 1.72. The number of thiophene rings is 1. The number of aromatic nitrogens is 2. The topological polar surface area (TPSA) is 25.8 Å². The third kappa shape index (κ3) is 1.87. The van der Waals surface area contributed by atoms with Crippen LogP contribution >= 0.6 is 22.9 Å². The van der Waals surface area contributed by atoms with Crippen LogP contribution in [-0.4, -0.2) is 9.97 Å². The Morgan fingerprint density at radius 2 is 2.06 bits per heavy atom. The van der Waals surface area contributed by atoms with Gasteiger partial charge in [0.2, 0.25) is 0 Å². The van der Waals surface area contributed by atoms with E-state index in [-0.39, 0.29) is 5.82 Å². The molecule has 0 spiro atoms. The normalized spacial score (nSPS) is 11.1. The highest BCUT2D eigenvalue weighted by Crippen LogP contribution is 2.28. The molecular formula is C13H8ClFN2S. The lowest BCUT2D eigenvalue weighted by molar-refractivity contribution is 0.619. The van der Waals surface area contributed by atoms with Crippen molar-refractivity contribution in [2.24, 2.45) is 0 Å². The first-order valence-electron chi connectivity index (χ1n) is 5.32. The molecular weight excluding hydrogens is 271 g/mol. The van der Waals surface area contributed by atoms with Crippen molar-refractivity contribution in [3.63, 3.8) is 0 Å². The van der Waals surface area contributed by atoms with Crippen molar-refractivity contribution in [1.82, 2.24) is 9.97 Å². The molecule has 3 rings (SSSR count). The maximum atomic E-state index is 13.5. The highest BCUT2D eigenvalue weighted by Gasteiger charge is 2.10. The van der Waals surface area contributed by atoms with Crippen LogP contribution in [0.5, 0.6) is 0 Å². The lowest BCUT2D eigenvalue weighted by atomic mass is 10.1. The fourth-order valence-corrected chi connectivity index (χ4v) is 2.73. The maximum absolute atomic E-state index is 13.5. The Morgan fingerprint density at radius 3 is 2.83 bits per heavy atom. The van der Waals surface area contributed by atoms with Crippen LogP contribution < -0.4 is 0 Å². The van der Waals surface area contributed by atoms with Crippen molar-refractivity contribution in [1.29, 1.82) is 0 Å². The molecule has 0 aliphatic heterocycles. The molecule has 1 aromatic carbocycles. The first-order valence-corrected chi connectivity index (χ1v) is 6.58. The smallest absolute Gasteiger partial charge is 0.162 e. The van der Waals surface area contributed by atoms with E-state index < -0.39 is 0 Å². The number of benzene rings is 1. The van der Waals surface area contributed by atoms with Gasteiger partial charge in [-0.05, 0) is 30.0 Å². The van der Waals surface area contributed by atoms with Crippen molar-refractivity contribution in [3.8, 4) is 11.4 Å². The molecule has 0 fully saturated rings. The third-order valence-electron chi connectivity index (χ3n) is 2.71. The van der Waals surface area contributed by atoms with Crippen LogP contribution in [0.3, 0.4) is 0 Å². The minimum atomic E-state index is -0.265. The predicted octanol–water partition coefficient (Wildman–Crippen LogP) is 4.46. The van der Waals surface area contributed by atoms with Crippen LogP contribution in [0.15, 0.2) is 29.6 Å². The molecule has 0 aliphatic rings. The molecule has 5 heteroatoms. The summed E-state index contributed by atoms with van der Waals surface area (Å²) in [5.41, 5.74) is 1.23. The van der Waals surface area contributed by atoms with Gasteiger partial charge < -0.3 is 0 Å². The average Bonchev–Trinajstić information content (AvgIpc) is 2.81. The molecule has 0 aliphatic carbocycles. The molecule has 2 nitrogen and oxygen atoms in total. The molecule has 3 aromatic rings. The van der Waals surface area contributed by atoms with E-state index in [0.29, 0.717) is 22.1 Å². The summed E-state index contributed by atoms with van der Waals surface area (Å²) in [5.74, 6) is 0.187. The third-order valence-corrected chi connectivity index (χ3v) is 3.80. The van der Waals surface area contributed by atoms with E-state index in [1.807, 2.05) is 11.4 Å². The number of aryl methyl sites for hydroxylation is 1. The summed E-state index contributed by atoms with van der Waals surface area (Å²) in [5, 5.41) is 3.14. The Hall–Kier alpha value is -1.52. The zero-order valence-corrected chi connectivity index (χ0v) is 11.0. The van der Waals surface area contributed by atoms with Crippen molar-refractivity contribution in [3.05, 3.63) is 46.2 Å². The van der Waals surface area contributed by atoms with Gasteiger partial charge in [0.25, 0.3) is 0 Å². The lowest BCUT2D eigenvalue weighted by Gasteiger charge is -2.03. The first-order chi connectivity index (χ1) is 8.65. The number of rotatable bonds is 1. The van der Waals surface area contributed by atoms with E-state index >= 15 is 0 Å². The Kier molecular flexibility index (Phi) is 2.76. The maximum Gasteiger partial charge on any atom is 0.162 e. The molecule has 0 radical (unpaired) electrons. The summed E-state index contributed by atoms with van der Waals surface area (Å²) in [7, 11) is 0. The number of nitrogens with zero attached hydrogens (tertiary/aromatic N) is 2. The van der Waals surface area contributed by atoms with Crippen molar-refractivity contribution < 1.29 is 4.39 Å². The zero-order valence-electron chi connectivity index (χ0n) is 9.45. The van der Waals surface area contributed by atoms with Crippen LogP contribution in [0.25, 0.3) is 21.6 Å². The van der Waals surface area contributed by atoms with Gasteiger partial charge in [-0.15, -0.1) is 11.3 Å². The van der Waals surface area contributed by atoms with Gasteiger partial charge in [0.15, 0.2) is 5.82 Å². The second-order valence-electron chi connectivity index (χ2n) is 3.94. The highest BCUT2D eigenvalue weighted by molar-refractivity contribution is 7.16. The van der Waals surface area contributed by atoms with Gasteiger partial charge in [0.1, 0.15) is 15.8 Å². The van der Waals surface area contributed by atoms with E-state index in [9.17, 15) is 4.39 Å². The van der Waals surface area contributed by atoms with Crippen LogP contribution in [0.2, 0.25) is 5.15 Å². The Morgan fingerprint density at radius 1 is 1.22 bits per heavy atom. The molecule has 2 heterocycles. The minimum Gasteiger partial charge on any atom is -0.217 e. The number of halogens is 2. The van der Waals surface area contributed by atoms with Gasteiger partial charge >= 0.3 is 0 Å². The molecule has 0 bridgehead atoms. The number of fused-ring (bicyclic) bond motifs is 1. The van der Waals surface area contributed by atoms with E-state index in [1.54, 1.807) is 19.1 Å². The monoisotopic (exact) mass is 278 g/mol. The Labute approximate surface area is 112 Å². The second kappa shape index (κ2) is 4.30. The number of hydrogen-bond donors (Lipinski definition) is 0. The summed E-state index contributed by atoms with van der Waals surface area (Å²) >= 11 is 7.57. The molecule has 18 heavy (non-hydrogen) atoms. The van der Waals surface area contributed by atoms with Crippen molar-refractivity contribution >= 4 is 33.2 Å². The Balaban J connectivity index is 2.21. The molecule has 0 N–H and O–H groups in total. The quantitative estimate of drug-likeness (QED) is 0.614. The molecule has 0 saturated carbocycles. The van der Waals surface area contributed by atoms with E-state index in [1.165, 1.54) is 17.4 Å². The highest BCUT2D eigenvalue weighted by atomic mass is 35.5. The SMILES string of the molecule is Cc1ccc(-c2nc(Cl)c3ccsc3n2)cc1F. The zero-order chi connectivity index (χ0) is 12.7. The van der Waals surface area contributed by atoms with E-state index in [0.717, 1.165) is 10.2 Å². The second-order valence-corrected chi connectivity index (χ2v) is 5.19. The molecule has 0 atom stereocenters. The number of hydrogen-bond acceptors (Lipinski definition) is 3. The first kappa shape index (κ1) is 11.6. The fourth-order valence-electron chi connectivity index (χ4n) is 1.68. The molecule has 90 valence electrons. The van der Waals surface area contributed by atoms with Crippen molar-refractivity contribution in [2.75, 3.05) is 0 Å². The van der Waals surface area contributed by atoms with Crippen LogP contribution in [0.1, 0.15) is 5.56 Å². The molecule has 0 saturated heterocycles. The van der Waals surface area contributed by atoms with Gasteiger partial charge in [-0.25, -0.2) is 14.4 Å². The van der Waals surface area contributed by atoms with Crippen LogP contribution in [0.4, 0.5) is 4.39 Å². The van der Waals surface area contributed by atoms with Gasteiger partial charge in [-0.3, -0.25) is 0 Å². The summed E-state index contributed by atoms with van der Waals surface area (Å²) in [6, 6.07) is 6.81. The van der Waals surface area contributed by atoms with Crippen molar-refractivity contribution in [2.45, 2.75) is 6.92 Å². The van der Waals surface area contributed by atoms with Gasteiger partial charge in [0.05, 0.1) is 0 Å². The average molecular weight is 279 g/mol. The largest absolute Gasteiger partial charge is 0.217 e. The van der Waals surface area contributed by atoms with E-state index in [2.05, 4.69) is 9.97 Å².